The van der Waals surface area contributed by atoms with Crippen molar-refractivity contribution in [1.29, 1.82) is 0 Å². The molecule has 0 unspecified atom stereocenters. The topological polar surface area (TPSA) is 16.3 Å². The molecule has 4 nitrogen and oxygen atoms in total. The molecule has 24 aromatic rings. The minimum atomic E-state index is -0.762. The highest BCUT2D eigenvalue weighted by Gasteiger charge is 2.55. The van der Waals surface area contributed by atoms with E-state index < -0.39 is 17.5 Å². The molecule has 690 valence electrons. The van der Waals surface area contributed by atoms with Crippen molar-refractivity contribution in [3.8, 4) is 134 Å². The van der Waals surface area contributed by atoms with Gasteiger partial charge in [-0.1, -0.05) is 448 Å². The van der Waals surface area contributed by atoms with Crippen molar-refractivity contribution in [2.45, 2.75) is 63.2 Å². The predicted octanol–water partition coefficient (Wildman–Crippen LogP) is 34.9. The number of para-hydroxylation sites is 2. The Balaban J connectivity index is 0.766. The predicted molar refractivity (Wildman–Crippen MR) is 617 cm³/mol. The van der Waals surface area contributed by atoms with E-state index in [9.17, 15) is 16.4 Å². The first-order valence-corrected chi connectivity index (χ1v) is 50.9. The maximum atomic E-state index is 11.0. The summed E-state index contributed by atoms with van der Waals surface area (Å²) < 4.78 is 131. The van der Waals surface area contributed by atoms with Crippen LogP contribution in [0.25, 0.3) is 177 Å². The number of anilines is 6. The summed E-state index contributed by atoms with van der Waals surface area (Å²) >= 11 is 0. The average molecular weight is 1880 g/mol. The molecule has 147 heavy (non-hydrogen) atoms. The lowest BCUT2D eigenvalue weighted by Gasteiger charge is -2.45. The lowest BCUT2D eigenvalue weighted by atomic mass is 9.33. The summed E-state index contributed by atoms with van der Waals surface area (Å²) in [6.07, 6.45) is 0. The monoisotopic (exact) mass is 1880 g/mol. The van der Waals surface area contributed by atoms with E-state index in [1.165, 1.54) is 55.6 Å². The molecule has 0 radical (unpaired) electrons. The quantitative estimate of drug-likeness (QED) is 0.120. The van der Waals surface area contributed by atoms with E-state index >= 15 is 0 Å². The van der Waals surface area contributed by atoms with E-state index in [0.717, 1.165) is 117 Å². The molecule has 6 aliphatic rings. The summed E-state index contributed by atoms with van der Waals surface area (Å²) in [7, 11) is 0. The minimum Gasteiger partial charge on any atom is -0.311 e. The van der Waals surface area contributed by atoms with Gasteiger partial charge in [-0.3, -0.25) is 0 Å². The minimum absolute atomic E-state index is 0.0992. The molecule has 0 saturated heterocycles. The van der Waals surface area contributed by atoms with Crippen molar-refractivity contribution in [2.24, 2.45) is 0 Å². The van der Waals surface area contributed by atoms with E-state index in [1.807, 2.05) is 143 Å². The third-order valence-corrected chi connectivity index (χ3v) is 32.3. The second-order valence-electron chi connectivity index (χ2n) is 42.2. The first-order chi connectivity index (χ1) is 77.2. The van der Waals surface area contributed by atoms with Crippen molar-refractivity contribution >= 4 is 101 Å². The van der Waals surface area contributed by atoms with Crippen LogP contribution in [0.2, 0.25) is 0 Å². The van der Waals surface area contributed by atoms with Gasteiger partial charge in [0.15, 0.2) is 0 Å². The molecule has 30 rings (SSSR count). The van der Waals surface area contributed by atoms with Gasteiger partial charge in [0.1, 0.15) is 0 Å². The standard InChI is InChI=1S/C142H99BN4/c1-139(2,3)100-75-98(76-101(85-100)140(4,5)6)99-83-136-138-137(84-99)147(129-58-34-26-44-105(129)97-64-68-113-111-50-24-32-56-123(111)142(125(113)78-97)120-53-29-21-47-108(120)109-48-22-30-54-121(109)142)135-87-103(145-132-81-94(90-39-15-9-16-40-90)61-71-116(132)117-72-62-95(82-133(117)145)91-41-17-10-18-42-91)66-74-127(135)143(138)126-73-65-102(144-130-79-92(88-35-11-7-12-36-88)59-69-114(130)115-70-60-93(80-131(115)144)89-37-13-8-14-38-89)86-134(126)146(136)128-57-33-25-43-104(128)96-63-67-112-110-49-23-31-55-122(110)141(124(112)77-96)118-51-27-19-45-106(118)107-46-20-28-52-119(107)141/h7-87H,1-6H3/i59D,60D,61D,62D,69D,70D,71D,72D,79D,80D,81D,82D. The van der Waals surface area contributed by atoms with Crippen molar-refractivity contribution in [2.75, 3.05) is 9.80 Å². The van der Waals surface area contributed by atoms with Crippen LogP contribution in [-0.4, -0.2) is 15.8 Å². The number of nitrogens with zero attached hydrogens (tertiary/aromatic N) is 4. The Bertz CT molecular complexity index is 9590. The van der Waals surface area contributed by atoms with Crippen molar-refractivity contribution in [3.63, 3.8) is 0 Å². The number of aromatic nitrogens is 2. The Labute approximate surface area is 874 Å². The third-order valence-electron chi connectivity index (χ3n) is 32.3. The van der Waals surface area contributed by atoms with Gasteiger partial charge in [0, 0.05) is 66.8 Å². The summed E-state index contributed by atoms with van der Waals surface area (Å²) in [5.74, 6) is 0. The van der Waals surface area contributed by atoms with E-state index in [1.54, 1.807) is 0 Å². The molecular formula is C142H99BN4. The third kappa shape index (κ3) is 12.4. The average Bonchev–Trinajstić information content (AvgIpc) is 1.48. The van der Waals surface area contributed by atoms with E-state index in [2.05, 4.69) is 336 Å². The van der Waals surface area contributed by atoms with Crippen LogP contribution in [-0.2, 0) is 21.7 Å². The SMILES string of the molecule is [2H]c1c(-c2ccccc2)c([2H])c2c(c1[2H])c1c([2H])c([2H])c(-c3ccccc3)c([2H])c1n2-c1ccc2c(c1)N(c1ccccc1-c1ccc3c(c1)C1(c4ccccc4-c4ccccc41)c1ccccc1-3)c1cc(-c3cc(C(C)(C)C)cc(C(C)(C)C)c3)cc3c1B2c1ccc(-n2c4c([2H])c(-c5ccccc5)c([2H])c([2H])c4c4c([2H])c([2H])c(-c5ccccc5)c([2H])c42)cc1N3c1ccccc1-c1ccc2c(c1)C1(c3ccccc3-c3ccccc31)c1ccccc1-2. The molecule has 0 bridgehead atoms. The van der Waals surface area contributed by atoms with Crippen LogP contribution in [0.1, 0.15) is 114 Å². The molecule has 22 aromatic carbocycles. The fourth-order valence-electron chi connectivity index (χ4n) is 25.7. The van der Waals surface area contributed by atoms with E-state index in [-0.39, 0.29) is 149 Å². The van der Waals surface area contributed by atoms with Crippen LogP contribution >= 0.6 is 0 Å². The molecule has 4 aliphatic carbocycles. The zero-order chi connectivity index (χ0) is 108. The summed E-state index contributed by atoms with van der Waals surface area (Å²) in [5.41, 5.74) is 35.9. The molecular weight excluding hydrogens is 1770 g/mol. The summed E-state index contributed by atoms with van der Waals surface area (Å²) in [4.78, 5) is 4.91. The van der Waals surface area contributed by atoms with Gasteiger partial charge < -0.3 is 18.9 Å². The summed E-state index contributed by atoms with van der Waals surface area (Å²) in [6.45, 7) is 12.9. The second kappa shape index (κ2) is 31.8. The van der Waals surface area contributed by atoms with Gasteiger partial charge in [-0.05, 0) is 279 Å². The molecule has 2 aliphatic heterocycles. The maximum Gasteiger partial charge on any atom is 0.252 e. The highest BCUT2D eigenvalue weighted by Crippen LogP contribution is 2.67. The lowest BCUT2D eigenvalue weighted by Crippen LogP contribution is -2.61. The van der Waals surface area contributed by atoms with Crippen LogP contribution in [0.3, 0.4) is 0 Å². The fourth-order valence-corrected chi connectivity index (χ4v) is 25.7. The van der Waals surface area contributed by atoms with Crippen LogP contribution in [0.5, 0.6) is 0 Å². The van der Waals surface area contributed by atoms with Crippen LogP contribution in [0.15, 0.2) is 491 Å². The Morgan fingerprint density at radius 2 is 0.476 bits per heavy atom. The van der Waals surface area contributed by atoms with E-state index in [0.29, 0.717) is 45.0 Å². The first kappa shape index (κ1) is 73.2. The molecule has 2 aromatic heterocycles. The number of fused-ring (bicyclic) bond motifs is 30. The molecule has 0 amide bonds. The number of benzene rings is 22. The maximum absolute atomic E-state index is 11.0. The van der Waals surface area contributed by atoms with Gasteiger partial charge in [-0.2, -0.15) is 0 Å². The zero-order valence-corrected chi connectivity index (χ0v) is 81.7. The largest absolute Gasteiger partial charge is 0.311 e. The molecule has 0 N–H and O–H groups in total. The zero-order valence-electron chi connectivity index (χ0n) is 93.7. The highest BCUT2D eigenvalue weighted by molar-refractivity contribution is 7.00. The molecule has 0 fully saturated rings. The molecule has 4 heterocycles. The van der Waals surface area contributed by atoms with Gasteiger partial charge in [0.05, 0.1) is 60.7 Å². The highest BCUT2D eigenvalue weighted by atomic mass is 15.2. The lowest BCUT2D eigenvalue weighted by molar-refractivity contribution is 0.569. The van der Waals surface area contributed by atoms with Gasteiger partial charge in [0.25, 0.3) is 6.71 Å². The summed E-state index contributed by atoms with van der Waals surface area (Å²) in [5, 5.41) is 0.397. The van der Waals surface area contributed by atoms with Gasteiger partial charge in [0.2, 0.25) is 0 Å². The van der Waals surface area contributed by atoms with Crippen molar-refractivity contribution in [3.05, 3.63) is 547 Å². The molecule has 0 atom stereocenters. The molecule has 0 saturated carbocycles. The normalized spacial score (nSPS) is 14.9. The Morgan fingerprint density at radius 1 is 0.204 bits per heavy atom. The van der Waals surface area contributed by atoms with Gasteiger partial charge in [-0.15, -0.1) is 0 Å². The first-order valence-electron chi connectivity index (χ1n) is 56.9. The second-order valence-corrected chi connectivity index (χ2v) is 42.2. The number of hydrogen-bond donors (Lipinski definition) is 0. The van der Waals surface area contributed by atoms with E-state index in [4.69, 9.17) is 0 Å². The fraction of sp³-hybridized carbons (Fsp3) is 0.0704. The Hall–Kier alpha value is -17.9. The molecule has 5 heteroatoms. The van der Waals surface area contributed by atoms with Crippen molar-refractivity contribution < 1.29 is 16.4 Å². The number of hydrogen-bond acceptors (Lipinski definition) is 2. The van der Waals surface area contributed by atoms with Crippen LogP contribution in [0, 0.1) is 0 Å². The Morgan fingerprint density at radius 3 is 0.782 bits per heavy atom. The number of rotatable bonds is 11. The smallest absolute Gasteiger partial charge is 0.252 e. The summed E-state index contributed by atoms with van der Waals surface area (Å²) in [6, 6.07) is 145. The van der Waals surface area contributed by atoms with Crippen molar-refractivity contribution in [1.82, 2.24) is 9.13 Å². The van der Waals surface area contributed by atoms with Crippen LogP contribution < -0.4 is 26.2 Å². The molecule has 2 spiro atoms. The van der Waals surface area contributed by atoms with Crippen LogP contribution in [0.4, 0.5) is 34.1 Å². The Kier molecular flexibility index (Phi) is 15.8. The van der Waals surface area contributed by atoms with Gasteiger partial charge >= 0.3 is 0 Å². The van der Waals surface area contributed by atoms with Gasteiger partial charge in [-0.25, -0.2) is 0 Å².